The van der Waals surface area contributed by atoms with Gasteiger partial charge in [0.05, 0.1) is 0 Å². The Morgan fingerprint density at radius 2 is 1.87 bits per heavy atom. The molecule has 126 valence electrons. The van der Waals surface area contributed by atoms with Crippen LogP contribution in [0, 0.1) is 5.92 Å². The lowest BCUT2D eigenvalue weighted by molar-refractivity contribution is -0.117. The van der Waals surface area contributed by atoms with Gasteiger partial charge >= 0.3 is 0 Å². The molecule has 0 bridgehead atoms. The molecule has 1 atom stereocenters. The molecule has 0 fully saturated rings. The Morgan fingerprint density at radius 3 is 2.43 bits per heavy atom. The summed E-state index contributed by atoms with van der Waals surface area (Å²) in [6.07, 6.45) is 8.76. The second-order valence-electron chi connectivity index (χ2n) is 7.82. The summed E-state index contributed by atoms with van der Waals surface area (Å²) in [5.74, 6) is 0.723. The van der Waals surface area contributed by atoms with Gasteiger partial charge in [-0.1, -0.05) is 40.7 Å². The zero-order valence-corrected chi connectivity index (χ0v) is 15.2. The van der Waals surface area contributed by atoms with E-state index >= 15 is 0 Å². The second-order valence-corrected chi connectivity index (χ2v) is 7.82. The molecule has 0 saturated carbocycles. The monoisotopic (exact) mass is 314 g/mol. The van der Waals surface area contributed by atoms with E-state index in [4.69, 9.17) is 0 Å². The third kappa shape index (κ3) is 3.85. The fourth-order valence-corrected chi connectivity index (χ4v) is 3.22. The summed E-state index contributed by atoms with van der Waals surface area (Å²) >= 11 is 0. The Kier molecular flexibility index (Phi) is 5.33. The molecule has 1 aromatic carbocycles. The summed E-state index contributed by atoms with van der Waals surface area (Å²) in [6, 6.07) is 2.08. The highest BCUT2D eigenvalue weighted by Crippen LogP contribution is 2.40. The van der Waals surface area contributed by atoms with Gasteiger partial charge in [-0.3, -0.25) is 4.79 Å². The fraction of sp³-hybridized carbons (Fsp3) is 0.571. The van der Waals surface area contributed by atoms with Crippen LogP contribution in [-0.2, 0) is 23.1 Å². The van der Waals surface area contributed by atoms with Crippen molar-refractivity contribution in [1.82, 2.24) is 0 Å². The molecule has 0 spiro atoms. The molecule has 1 aliphatic carbocycles. The summed E-state index contributed by atoms with van der Waals surface area (Å²) in [7, 11) is 0. The standard InChI is InChI=1S/C21H30O2/c1-6-14(2)19(22)12-11-15-13-18(21(3,4)5)20(23)17-10-8-7-9-16(15)17/h11-14,23H,6-10H2,1-5H3. The minimum atomic E-state index is -0.111. The number of carbonyl (C=O) groups is 1. The van der Waals surface area contributed by atoms with E-state index in [1.165, 1.54) is 5.56 Å². The number of hydrogen-bond donors (Lipinski definition) is 1. The van der Waals surface area contributed by atoms with E-state index in [9.17, 15) is 9.90 Å². The third-order valence-electron chi connectivity index (χ3n) is 4.99. The van der Waals surface area contributed by atoms with E-state index < -0.39 is 0 Å². The smallest absolute Gasteiger partial charge is 0.158 e. The molecule has 2 heteroatoms. The average molecular weight is 314 g/mol. The van der Waals surface area contributed by atoms with Crippen molar-refractivity contribution in [1.29, 1.82) is 0 Å². The highest BCUT2D eigenvalue weighted by Gasteiger charge is 2.25. The Hall–Kier alpha value is -1.57. The number of phenols is 1. The minimum absolute atomic E-state index is 0.0706. The number of ketones is 1. The summed E-state index contributed by atoms with van der Waals surface area (Å²) in [5.41, 5.74) is 4.31. The highest BCUT2D eigenvalue weighted by atomic mass is 16.3. The van der Waals surface area contributed by atoms with Crippen molar-refractivity contribution in [2.24, 2.45) is 5.92 Å². The number of fused-ring (bicyclic) bond motifs is 1. The molecule has 1 N–H and O–H groups in total. The Labute approximate surface area is 140 Å². The maximum absolute atomic E-state index is 12.1. The van der Waals surface area contributed by atoms with E-state index in [0.717, 1.165) is 48.8 Å². The van der Waals surface area contributed by atoms with Crippen LogP contribution in [0.2, 0.25) is 0 Å². The van der Waals surface area contributed by atoms with Crippen LogP contribution in [-0.4, -0.2) is 10.9 Å². The molecular formula is C21H30O2. The number of rotatable bonds is 4. The average Bonchev–Trinajstić information content (AvgIpc) is 2.52. The van der Waals surface area contributed by atoms with Gasteiger partial charge in [0.15, 0.2) is 5.78 Å². The van der Waals surface area contributed by atoms with E-state index in [2.05, 4.69) is 26.8 Å². The SMILES string of the molecule is CCC(C)C(=O)C=Cc1cc(C(C)(C)C)c(O)c2c1CCCC2. The first-order chi connectivity index (χ1) is 10.8. The first kappa shape index (κ1) is 17.8. The van der Waals surface area contributed by atoms with Gasteiger partial charge in [0.2, 0.25) is 0 Å². The normalized spacial score (nSPS) is 16.4. The maximum Gasteiger partial charge on any atom is 0.158 e. The van der Waals surface area contributed by atoms with Gasteiger partial charge in [0, 0.05) is 11.5 Å². The Bertz CT molecular complexity index is 618. The molecule has 0 amide bonds. The van der Waals surface area contributed by atoms with Crippen LogP contribution in [0.15, 0.2) is 12.1 Å². The number of hydrogen-bond acceptors (Lipinski definition) is 2. The van der Waals surface area contributed by atoms with Gasteiger partial charge in [-0.25, -0.2) is 0 Å². The Balaban J connectivity index is 2.50. The second kappa shape index (κ2) is 6.90. The Morgan fingerprint density at radius 1 is 1.26 bits per heavy atom. The maximum atomic E-state index is 12.1. The first-order valence-corrected chi connectivity index (χ1v) is 8.85. The molecule has 0 saturated heterocycles. The molecule has 1 aliphatic rings. The lowest BCUT2D eigenvalue weighted by Gasteiger charge is -2.27. The third-order valence-corrected chi connectivity index (χ3v) is 4.99. The summed E-state index contributed by atoms with van der Waals surface area (Å²) in [5, 5.41) is 10.7. The highest BCUT2D eigenvalue weighted by molar-refractivity contribution is 5.95. The van der Waals surface area contributed by atoms with Crippen LogP contribution in [0.4, 0.5) is 0 Å². The molecular weight excluding hydrogens is 284 g/mol. The van der Waals surface area contributed by atoms with E-state index in [0.29, 0.717) is 5.75 Å². The van der Waals surface area contributed by atoms with Gasteiger partial charge < -0.3 is 5.11 Å². The summed E-state index contributed by atoms with van der Waals surface area (Å²) in [4.78, 5) is 12.1. The van der Waals surface area contributed by atoms with Crippen LogP contribution in [0.5, 0.6) is 5.75 Å². The van der Waals surface area contributed by atoms with Crippen molar-refractivity contribution < 1.29 is 9.90 Å². The van der Waals surface area contributed by atoms with Crippen molar-refractivity contribution in [3.05, 3.63) is 34.4 Å². The van der Waals surface area contributed by atoms with Crippen molar-refractivity contribution in [2.75, 3.05) is 0 Å². The molecule has 0 heterocycles. The lowest BCUT2D eigenvalue weighted by Crippen LogP contribution is -2.15. The summed E-state index contributed by atoms with van der Waals surface area (Å²) in [6.45, 7) is 10.4. The number of phenolic OH excluding ortho intramolecular Hbond substituents is 1. The topological polar surface area (TPSA) is 37.3 Å². The number of benzene rings is 1. The van der Waals surface area contributed by atoms with Crippen molar-refractivity contribution in [3.63, 3.8) is 0 Å². The van der Waals surface area contributed by atoms with E-state index in [-0.39, 0.29) is 17.1 Å². The van der Waals surface area contributed by atoms with Crippen molar-refractivity contribution in [3.8, 4) is 5.75 Å². The number of allylic oxidation sites excluding steroid dienone is 1. The lowest BCUT2D eigenvalue weighted by atomic mass is 9.78. The van der Waals surface area contributed by atoms with Crippen LogP contribution in [0.3, 0.4) is 0 Å². The van der Waals surface area contributed by atoms with E-state index in [1.54, 1.807) is 6.08 Å². The van der Waals surface area contributed by atoms with E-state index in [1.807, 2.05) is 19.9 Å². The van der Waals surface area contributed by atoms with Crippen LogP contribution in [0.1, 0.15) is 76.1 Å². The molecule has 1 unspecified atom stereocenters. The van der Waals surface area contributed by atoms with Gasteiger partial charge in [-0.2, -0.15) is 0 Å². The van der Waals surface area contributed by atoms with Crippen LogP contribution < -0.4 is 0 Å². The van der Waals surface area contributed by atoms with Gasteiger partial charge in [0.25, 0.3) is 0 Å². The molecule has 2 nitrogen and oxygen atoms in total. The van der Waals surface area contributed by atoms with Crippen molar-refractivity contribution in [2.45, 2.75) is 72.1 Å². The predicted molar refractivity (Wildman–Crippen MR) is 96.9 cm³/mol. The minimum Gasteiger partial charge on any atom is -0.507 e. The number of aromatic hydroxyl groups is 1. The molecule has 23 heavy (non-hydrogen) atoms. The van der Waals surface area contributed by atoms with Crippen molar-refractivity contribution >= 4 is 11.9 Å². The van der Waals surface area contributed by atoms with Gasteiger partial charge in [-0.05, 0) is 66.4 Å². The van der Waals surface area contributed by atoms with Gasteiger partial charge in [0.1, 0.15) is 5.75 Å². The fourth-order valence-electron chi connectivity index (χ4n) is 3.22. The summed E-state index contributed by atoms with van der Waals surface area (Å²) < 4.78 is 0. The van der Waals surface area contributed by atoms with Crippen LogP contribution in [0.25, 0.3) is 6.08 Å². The molecule has 2 rings (SSSR count). The predicted octanol–water partition coefficient (Wildman–Crippen LogP) is 5.20. The largest absolute Gasteiger partial charge is 0.507 e. The zero-order chi connectivity index (χ0) is 17.2. The zero-order valence-electron chi connectivity index (χ0n) is 15.2. The molecule has 0 radical (unpaired) electrons. The molecule has 0 aliphatic heterocycles. The molecule has 1 aromatic rings. The molecule has 0 aromatic heterocycles. The number of carbonyl (C=O) groups excluding carboxylic acids is 1. The van der Waals surface area contributed by atoms with Crippen LogP contribution >= 0.6 is 0 Å². The quantitative estimate of drug-likeness (QED) is 0.776. The first-order valence-electron chi connectivity index (χ1n) is 8.85. The van der Waals surface area contributed by atoms with Gasteiger partial charge in [-0.15, -0.1) is 0 Å².